The van der Waals surface area contributed by atoms with Gasteiger partial charge in [0.1, 0.15) is 16.9 Å². The predicted octanol–water partition coefficient (Wildman–Crippen LogP) is 5.67. The van der Waals surface area contributed by atoms with Gasteiger partial charge in [0.2, 0.25) is 0 Å². The van der Waals surface area contributed by atoms with E-state index < -0.39 is 5.97 Å². The van der Waals surface area contributed by atoms with Gasteiger partial charge in [-0.1, -0.05) is 49.2 Å². The number of halogens is 2. The predicted molar refractivity (Wildman–Crippen MR) is 121 cm³/mol. The molecular formula is C22H20Cl2N4O2. The lowest BCUT2D eigenvalue weighted by atomic mass is 10.1. The first-order valence-electron chi connectivity index (χ1n) is 9.56. The SMILES string of the molecule is CC(C)CCOC(=O)c1c(N)n(-c2cc(Cl)ccc2Cl)c2nc3ccccc3nc12. The summed E-state index contributed by atoms with van der Waals surface area (Å²) < 4.78 is 7.08. The highest BCUT2D eigenvalue weighted by molar-refractivity contribution is 6.34. The topological polar surface area (TPSA) is 83.0 Å². The van der Waals surface area contributed by atoms with E-state index >= 15 is 0 Å². The van der Waals surface area contributed by atoms with Crippen molar-refractivity contribution < 1.29 is 9.53 Å². The largest absolute Gasteiger partial charge is 0.462 e. The van der Waals surface area contributed by atoms with Crippen LogP contribution in [0.4, 0.5) is 5.82 Å². The number of aromatic nitrogens is 3. The van der Waals surface area contributed by atoms with Crippen molar-refractivity contribution in [2.75, 3.05) is 12.3 Å². The number of nitrogens with zero attached hydrogens (tertiary/aromatic N) is 3. The lowest BCUT2D eigenvalue weighted by Crippen LogP contribution is -2.11. The normalized spacial score (nSPS) is 11.5. The molecule has 0 aliphatic heterocycles. The van der Waals surface area contributed by atoms with Crippen LogP contribution in [0.2, 0.25) is 10.0 Å². The second-order valence-electron chi connectivity index (χ2n) is 7.39. The first kappa shape index (κ1) is 20.4. The molecule has 0 unspecified atom stereocenters. The van der Waals surface area contributed by atoms with Gasteiger partial charge in [0.05, 0.1) is 28.4 Å². The number of carbonyl (C=O) groups is 1. The minimum absolute atomic E-state index is 0.152. The lowest BCUT2D eigenvalue weighted by Gasteiger charge is -2.10. The average molecular weight is 443 g/mol. The van der Waals surface area contributed by atoms with Gasteiger partial charge in [0, 0.05) is 5.02 Å². The summed E-state index contributed by atoms with van der Waals surface area (Å²) in [5, 5.41) is 0.892. The maximum Gasteiger partial charge on any atom is 0.344 e. The van der Waals surface area contributed by atoms with Crippen LogP contribution < -0.4 is 5.73 Å². The third-order valence-electron chi connectivity index (χ3n) is 4.78. The number of fused-ring (bicyclic) bond motifs is 2. The van der Waals surface area contributed by atoms with Gasteiger partial charge in [0.25, 0.3) is 0 Å². The van der Waals surface area contributed by atoms with Gasteiger partial charge in [-0.3, -0.25) is 4.57 Å². The van der Waals surface area contributed by atoms with Crippen LogP contribution >= 0.6 is 23.2 Å². The second kappa shape index (κ2) is 8.13. The van der Waals surface area contributed by atoms with E-state index in [0.29, 0.717) is 50.5 Å². The number of hydrogen-bond donors (Lipinski definition) is 1. The van der Waals surface area contributed by atoms with E-state index in [2.05, 4.69) is 18.8 Å². The van der Waals surface area contributed by atoms with Crippen LogP contribution in [0.1, 0.15) is 30.6 Å². The summed E-state index contributed by atoms with van der Waals surface area (Å²) in [6, 6.07) is 12.4. The Morgan fingerprint density at radius 2 is 1.83 bits per heavy atom. The van der Waals surface area contributed by atoms with Crippen molar-refractivity contribution in [3.63, 3.8) is 0 Å². The van der Waals surface area contributed by atoms with E-state index in [4.69, 9.17) is 38.7 Å². The van der Waals surface area contributed by atoms with E-state index in [9.17, 15) is 4.79 Å². The fourth-order valence-corrected chi connectivity index (χ4v) is 3.59. The standard InChI is InChI=1S/C22H20Cl2N4O2/c1-12(2)9-10-30-22(29)18-19-21(27-16-6-4-3-5-15(16)26-19)28(20(18)25)17-11-13(23)7-8-14(17)24/h3-8,11-12H,9-10,25H2,1-2H3. The van der Waals surface area contributed by atoms with Crippen LogP contribution in [0.25, 0.3) is 27.9 Å². The first-order valence-corrected chi connectivity index (χ1v) is 10.3. The van der Waals surface area contributed by atoms with Crippen molar-refractivity contribution in [1.29, 1.82) is 0 Å². The first-order chi connectivity index (χ1) is 14.4. The zero-order chi connectivity index (χ0) is 21.4. The molecule has 4 aromatic rings. The Hall–Kier alpha value is -2.83. The molecule has 0 atom stereocenters. The Kier molecular flexibility index (Phi) is 5.54. The molecule has 0 amide bonds. The zero-order valence-electron chi connectivity index (χ0n) is 16.5. The van der Waals surface area contributed by atoms with E-state index in [1.165, 1.54) is 0 Å². The molecule has 0 radical (unpaired) electrons. The van der Waals surface area contributed by atoms with Crippen LogP contribution in [0.15, 0.2) is 42.5 Å². The summed E-state index contributed by atoms with van der Waals surface area (Å²) in [5.74, 6) is 0.0177. The van der Waals surface area contributed by atoms with Gasteiger partial charge in [-0.15, -0.1) is 0 Å². The third kappa shape index (κ3) is 3.68. The molecule has 154 valence electrons. The highest BCUT2D eigenvalue weighted by atomic mass is 35.5. The Morgan fingerprint density at radius 3 is 2.53 bits per heavy atom. The number of nitrogen functional groups attached to an aromatic ring is 1. The average Bonchev–Trinajstić information content (AvgIpc) is 2.98. The molecule has 0 spiro atoms. The number of nitrogens with two attached hydrogens (primary N) is 1. The van der Waals surface area contributed by atoms with Crippen LogP contribution in [-0.2, 0) is 4.74 Å². The molecule has 0 aliphatic carbocycles. The Labute approximate surface area is 183 Å². The second-order valence-corrected chi connectivity index (χ2v) is 8.24. The summed E-state index contributed by atoms with van der Waals surface area (Å²) in [5.41, 5.74) is 9.21. The zero-order valence-corrected chi connectivity index (χ0v) is 18.0. The Morgan fingerprint density at radius 1 is 1.13 bits per heavy atom. The van der Waals surface area contributed by atoms with Gasteiger partial charge in [-0.05, 0) is 42.7 Å². The van der Waals surface area contributed by atoms with Gasteiger partial charge in [0.15, 0.2) is 5.65 Å². The molecule has 0 saturated carbocycles. The summed E-state index contributed by atoms with van der Waals surface area (Å²) in [4.78, 5) is 22.3. The number of ether oxygens (including phenoxy) is 1. The number of hydrogen-bond acceptors (Lipinski definition) is 5. The highest BCUT2D eigenvalue weighted by Crippen LogP contribution is 2.35. The van der Waals surface area contributed by atoms with E-state index in [1.54, 1.807) is 22.8 Å². The molecule has 2 heterocycles. The summed E-state index contributed by atoms with van der Waals surface area (Å²) in [6.07, 6.45) is 0.749. The minimum Gasteiger partial charge on any atom is -0.462 e. The molecule has 2 aromatic carbocycles. The van der Waals surface area contributed by atoms with Crippen molar-refractivity contribution in [3.05, 3.63) is 58.1 Å². The van der Waals surface area contributed by atoms with Crippen molar-refractivity contribution in [2.24, 2.45) is 5.92 Å². The number of benzene rings is 2. The summed E-state index contributed by atoms with van der Waals surface area (Å²) in [6.45, 7) is 4.42. The molecule has 30 heavy (non-hydrogen) atoms. The molecule has 2 N–H and O–H groups in total. The number of esters is 1. The van der Waals surface area contributed by atoms with E-state index in [-0.39, 0.29) is 11.4 Å². The van der Waals surface area contributed by atoms with E-state index in [0.717, 1.165) is 6.42 Å². The number of carbonyl (C=O) groups excluding carboxylic acids is 1. The summed E-state index contributed by atoms with van der Waals surface area (Å²) in [7, 11) is 0. The van der Waals surface area contributed by atoms with Gasteiger partial charge >= 0.3 is 5.97 Å². The maximum atomic E-state index is 13.0. The molecule has 6 nitrogen and oxygen atoms in total. The number of anilines is 1. The number of rotatable bonds is 5. The van der Waals surface area contributed by atoms with Crippen molar-refractivity contribution in [2.45, 2.75) is 20.3 Å². The van der Waals surface area contributed by atoms with E-state index in [1.807, 2.05) is 24.3 Å². The lowest BCUT2D eigenvalue weighted by molar-refractivity contribution is 0.0491. The smallest absolute Gasteiger partial charge is 0.344 e. The Balaban J connectivity index is 1.97. The van der Waals surface area contributed by atoms with Crippen LogP contribution in [0.5, 0.6) is 0 Å². The molecule has 0 aliphatic rings. The minimum atomic E-state index is -0.542. The molecule has 2 aromatic heterocycles. The molecule has 4 rings (SSSR count). The molecule has 0 fully saturated rings. The molecule has 8 heteroatoms. The van der Waals surface area contributed by atoms with Crippen LogP contribution in [0.3, 0.4) is 0 Å². The highest BCUT2D eigenvalue weighted by Gasteiger charge is 2.26. The van der Waals surface area contributed by atoms with Crippen molar-refractivity contribution >= 4 is 57.2 Å². The molecular weight excluding hydrogens is 423 g/mol. The fraction of sp³-hybridized carbons (Fsp3) is 0.227. The number of para-hydroxylation sites is 2. The monoisotopic (exact) mass is 442 g/mol. The Bertz CT molecular complexity index is 1270. The van der Waals surface area contributed by atoms with Crippen molar-refractivity contribution in [3.8, 4) is 5.69 Å². The quantitative estimate of drug-likeness (QED) is 0.402. The van der Waals surface area contributed by atoms with Crippen LogP contribution in [-0.4, -0.2) is 27.1 Å². The summed E-state index contributed by atoms with van der Waals surface area (Å²) >= 11 is 12.6. The van der Waals surface area contributed by atoms with Gasteiger partial charge in [-0.2, -0.15) is 0 Å². The molecule has 0 bridgehead atoms. The maximum absolute atomic E-state index is 13.0. The van der Waals surface area contributed by atoms with Crippen molar-refractivity contribution in [1.82, 2.24) is 14.5 Å². The third-order valence-corrected chi connectivity index (χ3v) is 5.33. The molecule has 0 saturated heterocycles. The van der Waals surface area contributed by atoms with Gasteiger partial charge < -0.3 is 10.5 Å². The fourth-order valence-electron chi connectivity index (χ4n) is 3.22. The van der Waals surface area contributed by atoms with Crippen LogP contribution in [0, 0.1) is 5.92 Å². The van der Waals surface area contributed by atoms with Gasteiger partial charge in [-0.25, -0.2) is 14.8 Å².